The number of methoxy groups -OCH3 is 1. The van der Waals surface area contributed by atoms with Gasteiger partial charge in [0.05, 0.1) is 12.8 Å². The lowest BCUT2D eigenvalue weighted by Crippen LogP contribution is -1.95. The van der Waals surface area contributed by atoms with Gasteiger partial charge in [-0.25, -0.2) is 4.98 Å². The van der Waals surface area contributed by atoms with Crippen molar-refractivity contribution in [3.05, 3.63) is 60.6 Å². The molecule has 3 heterocycles. The summed E-state index contributed by atoms with van der Waals surface area (Å²) in [6.45, 7) is 0. The van der Waals surface area contributed by atoms with Gasteiger partial charge in [0, 0.05) is 30.8 Å². The van der Waals surface area contributed by atoms with Crippen LogP contribution < -0.4 is 4.74 Å². The molecular weight excluding hydrogens is 334 g/mol. The molecule has 4 aromatic rings. The van der Waals surface area contributed by atoms with E-state index >= 15 is 0 Å². The van der Waals surface area contributed by atoms with Gasteiger partial charge >= 0.3 is 0 Å². The number of imidazole rings is 1. The number of rotatable bonds is 5. The van der Waals surface area contributed by atoms with Crippen LogP contribution in [0.25, 0.3) is 17.0 Å². The second-order valence-corrected chi connectivity index (χ2v) is 6.53. The fraction of sp³-hybridized carbons (Fsp3) is 0.167. The Labute approximate surface area is 149 Å². The van der Waals surface area contributed by atoms with Crippen molar-refractivity contribution < 1.29 is 4.74 Å². The standard InChI is InChI=1S/C18H17N5OS/c1-22-17(13-6-5-7-15(10-13)24-2)20-21-18(22)25-12-14-11-23-9-4-3-8-16(23)19-14/h3-11H,12H2,1-2H3. The molecule has 0 spiro atoms. The van der Waals surface area contributed by atoms with Gasteiger partial charge in [-0.2, -0.15) is 0 Å². The van der Waals surface area contributed by atoms with E-state index in [1.807, 2.05) is 70.9 Å². The first-order chi connectivity index (χ1) is 12.2. The van der Waals surface area contributed by atoms with E-state index in [0.717, 1.165) is 39.4 Å². The molecule has 0 radical (unpaired) electrons. The lowest BCUT2D eigenvalue weighted by molar-refractivity contribution is 0.415. The molecule has 0 aliphatic heterocycles. The highest BCUT2D eigenvalue weighted by atomic mass is 32.2. The van der Waals surface area contributed by atoms with Crippen molar-refractivity contribution in [2.75, 3.05) is 7.11 Å². The number of ether oxygens (including phenoxy) is 1. The van der Waals surface area contributed by atoms with E-state index < -0.39 is 0 Å². The maximum Gasteiger partial charge on any atom is 0.191 e. The minimum atomic E-state index is 0.742. The Balaban J connectivity index is 1.54. The Morgan fingerprint density at radius 2 is 2.04 bits per heavy atom. The Kier molecular flexibility index (Phi) is 4.15. The molecule has 0 saturated heterocycles. The van der Waals surface area contributed by atoms with E-state index in [-0.39, 0.29) is 0 Å². The van der Waals surface area contributed by atoms with Crippen LogP contribution in [0.3, 0.4) is 0 Å². The van der Waals surface area contributed by atoms with Crippen molar-refractivity contribution in [3.8, 4) is 17.1 Å². The summed E-state index contributed by atoms with van der Waals surface area (Å²) < 4.78 is 9.30. The second-order valence-electron chi connectivity index (χ2n) is 5.58. The van der Waals surface area contributed by atoms with Gasteiger partial charge in [-0.1, -0.05) is 30.0 Å². The van der Waals surface area contributed by atoms with Gasteiger partial charge in [-0.15, -0.1) is 10.2 Å². The van der Waals surface area contributed by atoms with Gasteiger partial charge in [-0.05, 0) is 24.3 Å². The molecule has 0 N–H and O–H groups in total. The van der Waals surface area contributed by atoms with Crippen molar-refractivity contribution in [3.63, 3.8) is 0 Å². The van der Waals surface area contributed by atoms with Crippen molar-refractivity contribution >= 4 is 17.4 Å². The summed E-state index contributed by atoms with van der Waals surface area (Å²) in [6.07, 6.45) is 4.04. The molecule has 0 atom stereocenters. The predicted octanol–water partition coefficient (Wildman–Crippen LogP) is 3.43. The van der Waals surface area contributed by atoms with Crippen molar-refractivity contribution in [2.45, 2.75) is 10.9 Å². The van der Waals surface area contributed by atoms with Crippen molar-refractivity contribution in [2.24, 2.45) is 7.05 Å². The SMILES string of the molecule is COc1cccc(-c2nnc(SCc3cn4ccccc4n3)n2C)c1. The molecule has 6 nitrogen and oxygen atoms in total. The summed E-state index contributed by atoms with van der Waals surface area (Å²) in [4.78, 5) is 4.61. The van der Waals surface area contributed by atoms with Gasteiger partial charge in [0.15, 0.2) is 11.0 Å². The maximum atomic E-state index is 5.28. The smallest absolute Gasteiger partial charge is 0.191 e. The zero-order valence-corrected chi connectivity index (χ0v) is 14.8. The van der Waals surface area contributed by atoms with Crippen molar-refractivity contribution in [1.29, 1.82) is 0 Å². The number of hydrogen-bond acceptors (Lipinski definition) is 5. The van der Waals surface area contributed by atoms with Crippen LogP contribution in [-0.2, 0) is 12.8 Å². The highest BCUT2D eigenvalue weighted by Crippen LogP contribution is 2.27. The summed E-state index contributed by atoms with van der Waals surface area (Å²) in [5.74, 6) is 2.36. The first-order valence-corrected chi connectivity index (χ1v) is 8.82. The molecule has 4 rings (SSSR count). The molecule has 7 heteroatoms. The van der Waals surface area contributed by atoms with E-state index in [4.69, 9.17) is 4.74 Å². The molecule has 0 fully saturated rings. The topological polar surface area (TPSA) is 57.2 Å². The van der Waals surface area contributed by atoms with Crippen LogP contribution in [0.1, 0.15) is 5.69 Å². The van der Waals surface area contributed by atoms with Crippen LogP contribution in [-0.4, -0.2) is 31.3 Å². The number of pyridine rings is 1. The van der Waals surface area contributed by atoms with Gasteiger partial charge in [0.1, 0.15) is 11.4 Å². The molecule has 0 saturated carbocycles. The molecule has 0 aliphatic carbocycles. The normalized spacial score (nSPS) is 11.1. The number of hydrogen-bond donors (Lipinski definition) is 0. The fourth-order valence-corrected chi connectivity index (χ4v) is 3.44. The summed E-state index contributed by atoms with van der Waals surface area (Å²) in [5, 5.41) is 9.50. The minimum Gasteiger partial charge on any atom is -0.497 e. The fourth-order valence-electron chi connectivity index (χ4n) is 2.65. The summed E-state index contributed by atoms with van der Waals surface area (Å²) in [6, 6.07) is 13.8. The molecular formula is C18H17N5OS. The molecule has 126 valence electrons. The van der Waals surface area contributed by atoms with E-state index in [0.29, 0.717) is 0 Å². The van der Waals surface area contributed by atoms with Gasteiger partial charge in [0.2, 0.25) is 0 Å². The lowest BCUT2D eigenvalue weighted by atomic mass is 10.2. The third-order valence-electron chi connectivity index (χ3n) is 3.93. The van der Waals surface area contributed by atoms with E-state index in [1.165, 1.54) is 0 Å². The zero-order chi connectivity index (χ0) is 17.2. The van der Waals surface area contributed by atoms with E-state index in [2.05, 4.69) is 15.2 Å². The maximum absolute atomic E-state index is 5.28. The number of nitrogens with zero attached hydrogens (tertiary/aromatic N) is 5. The summed E-state index contributed by atoms with van der Waals surface area (Å²) in [7, 11) is 3.63. The van der Waals surface area contributed by atoms with Crippen LogP contribution in [0.5, 0.6) is 5.75 Å². The Hall–Kier alpha value is -2.80. The molecule has 0 bridgehead atoms. The molecule has 0 amide bonds. The van der Waals surface area contributed by atoms with Gasteiger partial charge in [-0.3, -0.25) is 0 Å². The molecule has 1 aromatic carbocycles. The number of fused-ring (bicyclic) bond motifs is 1. The first kappa shape index (κ1) is 15.7. The van der Waals surface area contributed by atoms with Crippen LogP contribution in [0.4, 0.5) is 0 Å². The Morgan fingerprint density at radius 1 is 1.12 bits per heavy atom. The molecule has 0 aliphatic rings. The van der Waals surface area contributed by atoms with Crippen LogP contribution in [0.15, 0.2) is 60.0 Å². The number of thioether (sulfide) groups is 1. The first-order valence-electron chi connectivity index (χ1n) is 7.84. The Bertz CT molecular complexity index is 990. The lowest BCUT2D eigenvalue weighted by Gasteiger charge is -2.05. The quantitative estimate of drug-likeness (QED) is 0.516. The molecule has 25 heavy (non-hydrogen) atoms. The highest BCUT2D eigenvalue weighted by Gasteiger charge is 2.12. The van der Waals surface area contributed by atoms with E-state index in [1.54, 1.807) is 18.9 Å². The largest absolute Gasteiger partial charge is 0.497 e. The van der Waals surface area contributed by atoms with Gasteiger partial charge in [0.25, 0.3) is 0 Å². The van der Waals surface area contributed by atoms with E-state index in [9.17, 15) is 0 Å². The van der Waals surface area contributed by atoms with Gasteiger partial charge < -0.3 is 13.7 Å². The third kappa shape index (κ3) is 3.10. The molecule has 3 aromatic heterocycles. The van der Waals surface area contributed by atoms with Crippen LogP contribution in [0, 0.1) is 0 Å². The van der Waals surface area contributed by atoms with Crippen molar-refractivity contribution in [1.82, 2.24) is 24.1 Å². The average molecular weight is 351 g/mol. The predicted molar refractivity (Wildman–Crippen MR) is 97.7 cm³/mol. The second kappa shape index (κ2) is 6.60. The van der Waals surface area contributed by atoms with Crippen LogP contribution >= 0.6 is 11.8 Å². The minimum absolute atomic E-state index is 0.742. The summed E-state index contributed by atoms with van der Waals surface area (Å²) >= 11 is 1.62. The average Bonchev–Trinajstić information content (AvgIpc) is 3.23. The summed E-state index contributed by atoms with van der Waals surface area (Å²) in [5.41, 5.74) is 2.95. The van der Waals surface area contributed by atoms with Crippen LogP contribution in [0.2, 0.25) is 0 Å². The third-order valence-corrected chi connectivity index (χ3v) is 4.98. The highest BCUT2D eigenvalue weighted by molar-refractivity contribution is 7.98. The Morgan fingerprint density at radius 3 is 2.88 bits per heavy atom. The number of aromatic nitrogens is 5. The monoisotopic (exact) mass is 351 g/mol. The number of benzene rings is 1. The molecule has 0 unspecified atom stereocenters. The zero-order valence-electron chi connectivity index (χ0n) is 14.0.